The second kappa shape index (κ2) is 13.2. The Balaban J connectivity index is 1.39. The van der Waals surface area contributed by atoms with E-state index in [1.165, 1.54) is 18.3 Å². The van der Waals surface area contributed by atoms with Crippen LogP contribution in [0.25, 0.3) is 22.0 Å². The number of ether oxygens (including phenoxy) is 2. The maximum Gasteiger partial charge on any atom is 0.410 e. The van der Waals surface area contributed by atoms with Gasteiger partial charge in [0.25, 0.3) is 0 Å². The van der Waals surface area contributed by atoms with E-state index in [9.17, 15) is 13.2 Å². The maximum absolute atomic E-state index is 15.3. The van der Waals surface area contributed by atoms with Gasteiger partial charge in [0.05, 0.1) is 22.7 Å². The Bertz CT molecular complexity index is 1800. The number of anilines is 2. The van der Waals surface area contributed by atoms with Crippen molar-refractivity contribution in [2.45, 2.75) is 58.6 Å². The molecule has 0 saturated carbocycles. The van der Waals surface area contributed by atoms with Crippen LogP contribution in [0, 0.1) is 5.82 Å². The van der Waals surface area contributed by atoms with Crippen molar-refractivity contribution in [2.24, 2.45) is 0 Å². The third-order valence-electron chi connectivity index (χ3n) is 7.01. The maximum atomic E-state index is 15.3. The van der Waals surface area contributed by atoms with Crippen LogP contribution in [-0.4, -0.2) is 64.8 Å². The Hall–Kier alpha value is -4.52. The Morgan fingerprint density at radius 1 is 1.07 bits per heavy atom. The lowest BCUT2D eigenvalue weighted by Gasteiger charge is -2.34. The van der Waals surface area contributed by atoms with Gasteiger partial charge < -0.3 is 19.7 Å². The van der Waals surface area contributed by atoms with Crippen LogP contribution in [-0.2, 0) is 14.8 Å². The second-order valence-corrected chi connectivity index (χ2v) is 13.7. The normalized spacial score (nSPS) is 15.5. The Labute approximate surface area is 262 Å². The number of carbonyl (C=O) groups is 1. The van der Waals surface area contributed by atoms with Crippen molar-refractivity contribution in [3.63, 3.8) is 0 Å². The molecule has 13 heteroatoms. The number of aromatic nitrogens is 3. The highest BCUT2D eigenvalue weighted by molar-refractivity contribution is 7.92. The first-order chi connectivity index (χ1) is 21.4. The summed E-state index contributed by atoms with van der Waals surface area (Å²) in [6, 6.07) is 12.7. The summed E-state index contributed by atoms with van der Waals surface area (Å²) in [7, 11) is -3.57. The fourth-order valence-electron chi connectivity index (χ4n) is 5.10. The summed E-state index contributed by atoms with van der Waals surface area (Å²) in [6.45, 7) is 8.35. The zero-order valence-corrected chi connectivity index (χ0v) is 26.5. The average molecular weight is 637 g/mol. The average Bonchev–Trinajstić information content (AvgIpc) is 2.98. The minimum atomic E-state index is -3.57. The number of piperidine rings is 1. The van der Waals surface area contributed by atoms with E-state index in [0.717, 1.165) is 12.8 Å². The molecule has 5 rings (SSSR count). The van der Waals surface area contributed by atoms with Crippen molar-refractivity contribution in [1.82, 2.24) is 19.9 Å². The molecule has 1 aliphatic rings. The number of sulfonamides is 1. The van der Waals surface area contributed by atoms with Crippen LogP contribution in [0.5, 0.6) is 11.6 Å². The highest BCUT2D eigenvalue weighted by Crippen LogP contribution is 2.38. The van der Waals surface area contributed by atoms with Crippen LogP contribution in [0.4, 0.5) is 20.8 Å². The molecule has 1 amide bonds. The fourth-order valence-corrected chi connectivity index (χ4v) is 6.25. The van der Waals surface area contributed by atoms with Gasteiger partial charge in [0.1, 0.15) is 5.60 Å². The summed E-state index contributed by atoms with van der Waals surface area (Å²) in [5.41, 5.74) is 0.732. The molecule has 1 saturated heterocycles. The van der Waals surface area contributed by atoms with E-state index >= 15 is 4.39 Å². The molecule has 4 aromatic rings. The lowest BCUT2D eigenvalue weighted by atomic mass is 10.1. The van der Waals surface area contributed by atoms with Crippen molar-refractivity contribution in [1.29, 1.82) is 0 Å². The van der Waals surface area contributed by atoms with Crippen molar-refractivity contribution < 1.29 is 27.1 Å². The van der Waals surface area contributed by atoms with Crippen LogP contribution in [0.15, 0.2) is 60.9 Å². The number of pyridine rings is 1. The van der Waals surface area contributed by atoms with Crippen molar-refractivity contribution in [2.75, 3.05) is 28.9 Å². The third-order valence-corrected chi connectivity index (χ3v) is 8.49. The zero-order valence-electron chi connectivity index (χ0n) is 25.7. The second-order valence-electron chi connectivity index (χ2n) is 11.8. The standard InChI is InChI=1S/C32H37FN6O5S/c1-5-19-45(41,42)38-27-12-6-10-23-22(27)13-14-25(33)28(23)43-29-24(11-7-16-34-29)26-15-17-35-30(37-26)36-21-9-8-18-39(20-21)31(40)44-32(2,3)4/h6-7,10-17,21,38H,5,8-9,18-20H2,1-4H3,(H,35,36,37)/t21-/m0/s1. The monoisotopic (exact) mass is 636 g/mol. The van der Waals surface area contributed by atoms with Gasteiger partial charge in [0, 0.05) is 42.3 Å². The highest BCUT2D eigenvalue weighted by atomic mass is 32.2. The van der Waals surface area contributed by atoms with E-state index in [1.807, 2.05) is 20.8 Å². The molecule has 0 aliphatic carbocycles. The molecular formula is C32H37FN6O5S. The molecule has 0 bridgehead atoms. The van der Waals surface area contributed by atoms with E-state index in [4.69, 9.17) is 9.47 Å². The van der Waals surface area contributed by atoms with Gasteiger partial charge in [-0.3, -0.25) is 4.72 Å². The summed E-state index contributed by atoms with van der Waals surface area (Å²) in [4.78, 5) is 27.7. The highest BCUT2D eigenvalue weighted by Gasteiger charge is 2.28. The van der Waals surface area contributed by atoms with Crippen molar-refractivity contribution in [3.8, 4) is 22.9 Å². The van der Waals surface area contributed by atoms with E-state index in [0.29, 0.717) is 53.2 Å². The first-order valence-electron chi connectivity index (χ1n) is 14.8. The molecule has 1 fully saturated rings. The number of halogens is 1. The molecule has 1 aliphatic heterocycles. The number of hydrogen-bond acceptors (Lipinski definition) is 9. The first kappa shape index (κ1) is 31.9. The molecule has 1 atom stereocenters. The zero-order chi connectivity index (χ0) is 32.2. The van der Waals surface area contributed by atoms with Gasteiger partial charge in [0.2, 0.25) is 21.9 Å². The molecule has 0 spiro atoms. The van der Waals surface area contributed by atoms with Crippen LogP contribution in [0.1, 0.15) is 47.0 Å². The summed E-state index contributed by atoms with van der Waals surface area (Å²) in [6.07, 6.45) is 4.85. The number of nitrogens with one attached hydrogen (secondary N) is 2. The third kappa shape index (κ3) is 7.96. The summed E-state index contributed by atoms with van der Waals surface area (Å²) < 4.78 is 54.5. The Morgan fingerprint density at radius 2 is 1.89 bits per heavy atom. The van der Waals surface area contributed by atoms with Gasteiger partial charge >= 0.3 is 6.09 Å². The van der Waals surface area contributed by atoms with Crippen LogP contribution >= 0.6 is 0 Å². The van der Waals surface area contributed by atoms with Gasteiger partial charge in [-0.05, 0) is 76.4 Å². The van der Waals surface area contributed by atoms with E-state index in [2.05, 4.69) is 25.0 Å². The largest absolute Gasteiger partial charge is 0.444 e. The van der Waals surface area contributed by atoms with E-state index in [-0.39, 0.29) is 29.5 Å². The minimum absolute atomic E-state index is 0.0379. The van der Waals surface area contributed by atoms with Gasteiger partial charge in [-0.1, -0.05) is 19.1 Å². The number of fused-ring (bicyclic) bond motifs is 1. The molecule has 0 radical (unpaired) electrons. The van der Waals surface area contributed by atoms with E-state index < -0.39 is 21.4 Å². The van der Waals surface area contributed by atoms with Crippen molar-refractivity contribution >= 4 is 38.5 Å². The van der Waals surface area contributed by atoms with Gasteiger partial charge in [0.15, 0.2) is 11.6 Å². The van der Waals surface area contributed by atoms with Gasteiger partial charge in [-0.25, -0.2) is 32.6 Å². The lowest BCUT2D eigenvalue weighted by molar-refractivity contribution is 0.0206. The number of nitrogens with zero attached hydrogens (tertiary/aromatic N) is 4. The number of rotatable bonds is 9. The molecule has 45 heavy (non-hydrogen) atoms. The summed E-state index contributed by atoms with van der Waals surface area (Å²) >= 11 is 0. The Morgan fingerprint density at radius 3 is 2.67 bits per heavy atom. The van der Waals surface area contributed by atoms with E-state index in [1.54, 1.807) is 54.4 Å². The number of likely N-dealkylation sites (tertiary alicyclic amines) is 1. The minimum Gasteiger partial charge on any atom is -0.444 e. The van der Waals surface area contributed by atoms with Crippen LogP contribution in [0.3, 0.4) is 0 Å². The number of carbonyl (C=O) groups excluding carboxylic acids is 1. The summed E-state index contributed by atoms with van der Waals surface area (Å²) in [5, 5.41) is 4.18. The molecule has 2 N–H and O–H groups in total. The summed E-state index contributed by atoms with van der Waals surface area (Å²) in [5.74, 6) is -0.299. The molecule has 2 aromatic carbocycles. The molecule has 238 valence electrons. The van der Waals surface area contributed by atoms with Gasteiger partial charge in [-0.2, -0.15) is 0 Å². The predicted octanol–water partition coefficient (Wildman–Crippen LogP) is 6.59. The number of hydrogen-bond donors (Lipinski definition) is 2. The SMILES string of the molecule is CCCS(=O)(=O)Nc1cccc2c(Oc3ncccc3-c3ccnc(N[C@H]4CCCN(C(=O)OC(C)(C)C)C4)n3)c(F)ccc12. The number of amides is 1. The molecule has 0 unspecified atom stereocenters. The quantitative estimate of drug-likeness (QED) is 0.209. The Kier molecular flexibility index (Phi) is 9.37. The molecule has 11 nitrogen and oxygen atoms in total. The van der Waals surface area contributed by atoms with Crippen LogP contribution < -0.4 is 14.8 Å². The lowest BCUT2D eigenvalue weighted by Crippen LogP contribution is -2.47. The fraction of sp³-hybridized carbons (Fsp3) is 0.375. The smallest absolute Gasteiger partial charge is 0.410 e. The predicted molar refractivity (Wildman–Crippen MR) is 171 cm³/mol. The topological polar surface area (TPSA) is 136 Å². The molecule has 2 aromatic heterocycles. The van der Waals surface area contributed by atoms with Gasteiger partial charge in [-0.15, -0.1) is 0 Å². The number of benzene rings is 2. The molecule has 3 heterocycles. The first-order valence-corrected chi connectivity index (χ1v) is 16.5. The van der Waals surface area contributed by atoms with Crippen molar-refractivity contribution in [3.05, 3.63) is 66.7 Å². The van der Waals surface area contributed by atoms with Crippen LogP contribution in [0.2, 0.25) is 0 Å². The molecular weight excluding hydrogens is 599 g/mol.